The Morgan fingerprint density at radius 2 is 2.12 bits per heavy atom. The molecule has 0 radical (unpaired) electrons. The summed E-state index contributed by atoms with van der Waals surface area (Å²) in [5, 5.41) is 10.9. The molecule has 1 aromatic rings. The predicted molar refractivity (Wildman–Crippen MR) is 89.6 cm³/mol. The molecule has 1 N–H and O–H groups in total. The fourth-order valence-corrected chi connectivity index (χ4v) is 5.45. The molecule has 3 aliphatic rings. The van der Waals surface area contributed by atoms with Gasteiger partial charge in [-0.25, -0.2) is 0 Å². The Balaban J connectivity index is 1.91. The average Bonchev–Trinajstić information content (AvgIpc) is 2.57. The Labute approximate surface area is 142 Å². The normalized spacial score (nSPS) is 35.3. The number of carbonyl (C=O) groups is 1. The lowest BCUT2D eigenvalue weighted by atomic mass is 9.51. The van der Waals surface area contributed by atoms with Gasteiger partial charge in [-0.05, 0) is 50.4 Å². The molecule has 1 saturated heterocycles. The van der Waals surface area contributed by atoms with Gasteiger partial charge in [0.2, 0.25) is 0 Å². The van der Waals surface area contributed by atoms with Crippen molar-refractivity contribution in [2.45, 2.75) is 43.2 Å². The molecule has 0 aromatic heterocycles. The molecule has 1 aliphatic heterocycles. The fraction of sp³-hybridized carbons (Fsp3) is 0.632. The number of hydrogen-bond donors (Lipinski definition) is 1. The molecule has 2 fully saturated rings. The van der Waals surface area contributed by atoms with Crippen molar-refractivity contribution >= 4 is 5.78 Å². The monoisotopic (exact) mass is 331 g/mol. The van der Waals surface area contributed by atoms with Gasteiger partial charge in [0.05, 0.1) is 7.11 Å². The molecule has 2 aliphatic carbocycles. The number of phenols is 1. The van der Waals surface area contributed by atoms with Crippen molar-refractivity contribution in [3.63, 3.8) is 0 Å². The number of phenolic OH excluding ortho intramolecular Hbond substituents is 1. The van der Waals surface area contributed by atoms with E-state index in [2.05, 4.69) is 18.0 Å². The van der Waals surface area contributed by atoms with E-state index in [-0.39, 0.29) is 23.1 Å². The third-order valence-electron chi connectivity index (χ3n) is 6.63. The number of likely N-dealkylation sites (tertiary alicyclic amines) is 1. The zero-order valence-electron chi connectivity index (χ0n) is 14.5. The molecular weight excluding hydrogens is 306 g/mol. The van der Waals surface area contributed by atoms with Gasteiger partial charge in [0.25, 0.3) is 0 Å². The molecule has 130 valence electrons. The number of likely N-dealkylation sites (N-methyl/N-ethyl adjacent to an activating group) is 1. The summed E-state index contributed by atoms with van der Waals surface area (Å²) in [7, 11) is 5.36. The number of nitrogens with zero attached hydrogens (tertiary/aromatic N) is 1. The number of aromatic hydroxyl groups is 1. The first-order chi connectivity index (χ1) is 11.5. The van der Waals surface area contributed by atoms with Crippen LogP contribution in [-0.2, 0) is 21.4 Å². The Morgan fingerprint density at radius 1 is 1.33 bits per heavy atom. The molecule has 1 saturated carbocycles. The SMILES string of the molecule is COc1ccc2c(c1O)[C@@]13CCN(C)[C@@H](C2)[C@H]1C[C@H](OC)C(=O)C3. The van der Waals surface area contributed by atoms with Crippen LogP contribution >= 0.6 is 0 Å². The highest BCUT2D eigenvalue weighted by atomic mass is 16.5. The molecule has 1 aromatic carbocycles. The summed E-state index contributed by atoms with van der Waals surface area (Å²) in [6.45, 7) is 0.947. The number of carbonyl (C=O) groups excluding carboxylic acids is 1. The smallest absolute Gasteiger partial charge is 0.162 e. The number of ether oxygens (including phenoxy) is 2. The van der Waals surface area contributed by atoms with Crippen LogP contribution in [0, 0.1) is 5.92 Å². The number of rotatable bonds is 2. The van der Waals surface area contributed by atoms with E-state index >= 15 is 0 Å². The summed E-state index contributed by atoms with van der Waals surface area (Å²) in [5.74, 6) is 1.21. The van der Waals surface area contributed by atoms with Gasteiger partial charge >= 0.3 is 0 Å². The maximum Gasteiger partial charge on any atom is 0.162 e. The van der Waals surface area contributed by atoms with E-state index in [0.29, 0.717) is 24.1 Å². The largest absolute Gasteiger partial charge is 0.504 e. The number of Topliss-reactive ketones (excluding diaryl/α,β-unsaturated/α-hetero) is 1. The van der Waals surface area contributed by atoms with Crippen molar-refractivity contribution in [1.82, 2.24) is 4.90 Å². The van der Waals surface area contributed by atoms with Gasteiger partial charge < -0.3 is 19.5 Å². The number of benzene rings is 1. The molecule has 5 nitrogen and oxygen atoms in total. The summed E-state index contributed by atoms with van der Waals surface area (Å²) < 4.78 is 10.8. The van der Waals surface area contributed by atoms with Crippen molar-refractivity contribution in [2.24, 2.45) is 5.92 Å². The van der Waals surface area contributed by atoms with Gasteiger partial charge in [0.15, 0.2) is 17.3 Å². The van der Waals surface area contributed by atoms with Crippen LogP contribution in [-0.4, -0.2) is 55.7 Å². The first kappa shape index (κ1) is 15.9. The minimum Gasteiger partial charge on any atom is -0.504 e. The van der Waals surface area contributed by atoms with Gasteiger partial charge in [0, 0.05) is 30.6 Å². The molecule has 1 heterocycles. The summed E-state index contributed by atoms with van der Waals surface area (Å²) >= 11 is 0. The highest BCUT2D eigenvalue weighted by Crippen LogP contribution is 2.58. The zero-order chi connectivity index (χ0) is 17.1. The topological polar surface area (TPSA) is 59.0 Å². The number of fused-ring (bicyclic) bond motifs is 1. The highest BCUT2D eigenvalue weighted by Gasteiger charge is 2.58. The molecule has 4 rings (SSSR count). The van der Waals surface area contributed by atoms with E-state index in [1.807, 2.05) is 6.07 Å². The van der Waals surface area contributed by atoms with E-state index in [9.17, 15) is 9.90 Å². The van der Waals surface area contributed by atoms with Gasteiger partial charge in [-0.1, -0.05) is 6.07 Å². The number of methoxy groups -OCH3 is 2. The van der Waals surface area contributed by atoms with Gasteiger partial charge in [-0.3, -0.25) is 4.79 Å². The van der Waals surface area contributed by atoms with Crippen LogP contribution in [0.5, 0.6) is 11.5 Å². The van der Waals surface area contributed by atoms with Crippen LogP contribution in [0.4, 0.5) is 0 Å². The van der Waals surface area contributed by atoms with E-state index < -0.39 is 0 Å². The second kappa shape index (κ2) is 5.46. The quantitative estimate of drug-likeness (QED) is 0.897. The van der Waals surface area contributed by atoms with Crippen LogP contribution < -0.4 is 4.74 Å². The second-order valence-corrected chi connectivity index (χ2v) is 7.52. The molecule has 0 amide bonds. The van der Waals surface area contributed by atoms with Crippen LogP contribution in [0.25, 0.3) is 0 Å². The molecule has 4 atom stereocenters. The fourth-order valence-electron chi connectivity index (χ4n) is 5.45. The summed E-state index contributed by atoms with van der Waals surface area (Å²) in [6, 6.07) is 4.29. The molecule has 2 bridgehead atoms. The van der Waals surface area contributed by atoms with Crippen molar-refractivity contribution in [3.05, 3.63) is 23.3 Å². The van der Waals surface area contributed by atoms with Crippen LogP contribution in [0.2, 0.25) is 0 Å². The predicted octanol–water partition coefficient (Wildman–Crippen LogP) is 1.89. The first-order valence-corrected chi connectivity index (χ1v) is 8.67. The lowest BCUT2D eigenvalue weighted by Gasteiger charge is -2.58. The lowest BCUT2D eigenvalue weighted by Crippen LogP contribution is -2.63. The minimum atomic E-state index is -0.313. The lowest BCUT2D eigenvalue weighted by molar-refractivity contribution is -0.141. The Morgan fingerprint density at radius 3 is 2.83 bits per heavy atom. The van der Waals surface area contributed by atoms with Gasteiger partial charge in [-0.2, -0.15) is 0 Å². The Bertz CT molecular complexity index is 688. The third-order valence-corrected chi connectivity index (χ3v) is 6.63. The molecule has 0 spiro atoms. The van der Waals surface area contributed by atoms with Crippen molar-refractivity contribution in [3.8, 4) is 11.5 Å². The van der Waals surface area contributed by atoms with Crippen LogP contribution in [0.1, 0.15) is 30.4 Å². The third kappa shape index (κ3) is 1.97. The number of piperidine rings is 1. The van der Waals surface area contributed by atoms with E-state index in [0.717, 1.165) is 36.9 Å². The molecule has 24 heavy (non-hydrogen) atoms. The summed E-state index contributed by atoms with van der Waals surface area (Å²) in [5.41, 5.74) is 1.83. The molecule has 5 heteroatoms. The summed E-state index contributed by atoms with van der Waals surface area (Å²) in [6.07, 6.45) is 2.67. The first-order valence-electron chi connectivity index (χ1n) is 8.67. The second-order valence-electron chi connectivity index (χ2n) is 7.52. The van der Waals surface area contributed by atoms with Crippen molar-refractivity contribution < 1.29 is 19.4 Å². The molecular formula is C19H25NO4. The average molecular weight is 331 g/mol. The van der Waals surface area contributed by atoms with E-state index in [4.69, 9.17) is 9.47 Å². The zero-order valence-corrected chi connectivity index (χ0v) is 14.5. The Kier molecular flexibility index (Phi) is 3.62. The highest BCUT2D eigenvalue weighted by molar-refractivity contribution is 5.86. The Hall–Kier alpha value is -1.59. The summed E-state index contributed by atoms with van der Waals surface area (Å²) in [4.78, 5) is 15.1. The van der Waals surface area contributed by atoms with E-state index in [1.165, 1.54) is 0 Å². The number of ketones is 1. The molecule has 0 unspecified atom stereocenters. The van der Waals surface area contributed by atoms with E-state index in [1.54, 1.807) is 14.2 Å². The van der Waals surface area contributed by atoms with Crippen molar-refractivity contribution in [1.29, 1.82) is 0 Å². The van der Waals surface area contributed by atoms with Gasteiger partial charge in [-0.15, -0.1) is 0 Å². The van der Waals surface area contributed by atoms with Crippen molar-refractivity contribution in [2.75, 3.05) is 27.8 Å². The minimum absolute atomic E-state index is 0.159. The standard InChI is InChI=1S/C19H25NO4/c1-20-7-6-19-10-14(21)16(24-3)9-12(19)13(20)8-11-4-5-15(23-2)18(22)17(11)19/h4-5,12-13,16,22H,6-10H2,1-3H3/t12-,13+,16+,19-/m1/s1. The van der Waals surface area contributed by atoms with Crippen LogP contribution in [0.15, 0.2) is 12.1 Å². The maximum atomic E-state index is 12.7. The maximum absolute atomic E-state index is 12.7. The van der Waals surface area contributed by atoms with Gasteiger partial charge in [0.1, 0.15) is 6.10 Å². The van der Waals surface area contributed by atoms with Crippen LogP contribution in [0.3, 0.4) is 0 Å². The number of hydrogen-bond acceptors (Lipinski definition) is 5.